The van der Waals surface area contributed by atoms with Crippen molar-refractivity contribution in [3.63, 3.8) is 0 Å². The summed E-state index contributed by atoms with van der Waals surface area (Å²) in [5.74, 6) is -0.330. The molecule has 1 aromatic rings. The van der Waals surface area contributed by atoms with Crippen molar-refractivity contribution in [2.24, 2.45) is 0 Å². The van der Waals surface area contributed by atoms with E-state index in [-0.39, 0.29) is 30.5 Å². The molecule has 0 spiro atoms. The fraction of sp³-hybridized carbons (Fsp3) is 0.462. The molecule has 1 rings (SSSR count). The average molecular weight is 300 g/mol. The van der Waals surface area contributed by atoms with Gasteiger partial charge in [-0.3, -0.25) is 4.79 Å². The molecule has 0 unspecified atom stereocenters. The van der Waals surface area contributed by atoms with E-state index in [0.717, 1.165) is 4.31 Å². The Kier molecular flexibility index (Phi) is 6.12. The number of benzene rings is 1. The van der Waals surface area contributed by atoms with Crippen LogP contribution < -0.4 is 0 Å². The van der Waals surface area contributed by atoms with Crippen LogP contribution in [0.25, 0.3) is 0 Å². The molecule has 0 heterocycles. The summed E-state index contributed by atoms with van der Waals surface area (Å²) in [6.45, 7) is 2.02. The zero-order valence-corrected chi connectivity index (χ0v) is 12.5. The van der Waals surface area contributed by atoms with Gasteiger partial charge in [-0.15, -0.1) is 0 Å². The zero-order valence-electron chi connectivity index (χ0n) is 11.7. The number of nitrogens with zero attached hydrogens (tertiary/aromatic N) is 2. The van der Waals surface area contributed by atoms with Crippen LogP contribution in [0.5, 0.6) is 0 Å². The fourth-order valence-corrected chi connectivity index (χ4v) is 2.87. The summed E-state index contributed by atoms with van der Waals surface area (Å²) in [4.78, 5) is 13.5. The van der Waals surface area contributed by atoms with E-state index in [2.05, 4.69) is 0 Å². The van der Waals surface area contributed by atoms with Crippen LogP contribution in [0.15, 0.2) is 35.2 Å². The highest BCUT2D eigenvalue weighted by Gasteiger charge is 2.24. The van der Waals surface area contributed by atoms with Crippen molar-refractivity contribution < 1.29 is 18.3 Å². The lowest BCUT2D eigenvalue weighted by molar-refractivity contribution is -0.131. The number of sulfonamides is 1. The van der Waals surface area contributed by atoms with Gasteiger partial charge in [-0.2, -0.15) is 4.31 Å². The molecule has 0 atom stereocenters. The molecule has 0 aliphatic heterocycles. The highest BCUT2D eigenvalue weighted by molar-refractivity contribution is 7.89. The molecule has 1 aromatic carbocycles. The van der Waals surface area contributed by atoms with Crippen molar-refractivity contribution in [2.75, 3.05) is 33.3 Å². The first-order valence-electron chi connectivity index (χ1n) is 6.33. The lowest BCUT2D eigenvalue weighted by Crippen LogP contribution is -2.42. The minimum absolute atomic E-state index is 0.144. The molecule has 112 valence electrons. The van der Waals surface area contributed by atoms with Crippen molar-refractivity contribution in [1.29, 1.82) is 0 Å². The molecule has 0 aliphatic rings. The number of carbonyl (C=O) groups is 1. The quantitative estimate of drug-likeness (QED) is 0.777. The van der Waals surface area contributed by atoms with Gasteiger partial charge >= 0.3 is 0 Å². The van der Waals surface area contributed by atoms with Gasteiger partial charge in [0, 0.05) is 20.1 Å². The molecule has 0 radical (unpaired) electrons. The van der Waals surface area contributed by atoms with Gasteiger partial charge in [0.2, 0.25) is 15.9 Å². The summed E-state index contributed by atoms with van der Waals surface area (Å²) in [5.41, 5.74) is 0. The van der Waals surface area contributed by atoms with E-state index in [1.54, 1.807) is 25.1 Å². The molecule has 0 saturated carbocycles. The number of aliphatic hydroxyl groups is 1. The monoisotopic (exact) mass is 300 g/mol. The second kappa shape index (κ2) is 7.37. The van der Waals surface area contributed by atoms with E-state index in [0.29, 0.717) is 6.54 Å². The zero-order chi connectivity index (χ0) is 15.2. The summed E-state index contributed by atoms with van der Waals surface area (Å²) in [5, 5.41) is 8.86. The van der Waals surface area contributed by atoms with E-state index in [1.807, 2.05) is 0 Å². The standard InChI is InChI=1S/C13H20N2O4S/c1-3-15(9-10-16)13(17)11-14(2)20(18,19)12-7-5-4-6-8-12/h4-8,16H,3,9-11H2,1-2H3. The predicted molar refractivity (Wildman–Crippen MR) is 75.6 cm³/mol. The van der Waals surface area contributed by atoms with Gasteiger partial charge in [0.05, 0.1) is 18.0 Å². The third-order valence-corrected chi connectivity index (χ3v) is 4.73. The van der Waals surface area contributed by atoms with E-state index >= 15 is 0 Å². The van der Waals surface area contributed by atoms with E-state index < -0.39 is 10.0 Å². The van der Waals surface area contributed by atoms with Crippen molar-refractivity contribution in [3.8, 4) is 0 Å². The number of carbonyl (C=O) groups excluding carboxylic acids is 1. The smallest absolute Gasteiger partial charge is 0.243 e. The number of rotatable bonds is 7. The maximum atomic E-state index is 12.2. The third kappa shape index (κ3) is 4.03. The fourth-order valence-electron chi connectivity index (χ4n) is 1.73. The van der Waals surface area contributed by atoms with Crippen LogP contribution in [-0.2, 0) is 14.8 Å². The second-order valence-corrected chi connectivity index (χ2v) is 6.32. The molecular formula is C13H20N2O4S. The number of likely N-dealkylation sites (N-methyl/N-ethyl adjacent to an activating group) is 2. The van der Waals surface area contributed by atoms with E-state index in [4.69, 9.17) is 5.11 Å². The van der Waals surface area contributed by atoms with Crippen molar-refractivity contribution >= 4 is 15.9 Å². The Morgan fingerprint density at radius 1 is 1.25 bits per heavy atom. The molecule has 0 saturated heterocycles. The van der Waals surface area contributed by atoms with Gasteiger partial charge in [0.15, 0.2) is 0 Å². The van der Waals surface area contributed by atoms with Gasteiger partial charge in [-0.25, -0.2) is 8.42 Å². The normalized spacial score (nSPS) is 11.6. The first-order chi connectivity index (χ1) is 9.43. The lowest BCUT2D eigenvalue weighted by Gasteiger charge is -2.23. The molecule has 7 heteroatoms. The third-order valence-electron chi connectivity index (χ3n) is 2.91. The minimum Gasteiger partial charge on any atom is -0.395 e. The molecule has 0 bridgehead atoms. The Balaban J connectivity index is 2.80. The van der Waals surface area contributed by atoms with Gasteiger partial charge in [0.25, 0.3) is 0 Å². The summed E-state index contributed by atoms with van der Waals surface area (Å²) < 4.78 is 25.5. The first kappa shape index (κ1) is 16.6. The van der Waals surface area contributed by atoms with Crippen LogP contribution in [0.3, 0.4) is 0 Å². The molecule has 0 fully saturated rings. The Bertz CT molecular complexity index is 531. The topological polar surface area (TPSA) is 77.9 Å². The predicted octanol–water partition coefficient (Wildman–Crippen LogP) is 0.148. The Morgan fingerprint density at radius 3 is 2.35 bits per heavy atom. The van der Waals surface area contributed by atoms with Gasteiger partial charge in [0.1, 0.15) is 0 Å². The van der Waals surface area contributed by atoms with Crippen LogP contribution in [0.1, 0.15) is 6.92 Å². The maximum Gasteiger partial charge on any atom is 0.243 e. The maximum absolute atomic E-state index is 12.2. The summed E-state index contributed by atoms with van der Waals surface area (Å²) >= 11 is 0. The Labute approximate surface area is 119 Å². The summed E-state index contributed by atoms with van der Waals surface area (Å²) in [6.07, 6.45) is 0. The largest absolute Gasteiger partial charge is 0.395 e. The van der Waals surface area contributed by atoms with Crippen LogP contribution in [0.2, 0.25) is 0 Å². The average Bonchev–Trinajstić information content (AvgIpc) is 2.45. The molecule has 1 amide bonds. The number of aliphatic hydroxyl groups excluding tert-OH is 1. The molecule has 0 aromatic heterocycles. The summed E-state index contributed by atoms with van der Waals surface area (Å²) in [6, 6.07) is 7.97. The second-order valence-electron chi connectivity index (χ2n) is 4.27. The number of amides is 1. The van der Waals surface area contributed by atoms with Gasteiger partial charge in [-0.1, -0.05) is 18.2 Å². The molecule has 20 heavy (non-hydrogen) atoms. The van der Waals surface area contributed by atoms with Crippen LogP contribution in [0, 0.1) is 0 Å². The van der Waals surface area contributed by atoms with Crippen LogP contribution in [0.4, 0.5) is 0 Å². The highest BCUT2D eigenvalue weighted by atomic mass is 32.2. The first-order valence-corrected chi connectivity index (χ1v) is 7.77. The molecule has 6 nitrogen and oxygen atoms in total. The van der Waals surface area contributed by atoms with Crippen molar-refractivity contribution in [1.82, 2.24) is 9.21 Å². The van der Waals surface area contributed by atoms with Crippen LogP contribution >= 0.6 is 0 Å². The van der Waals surface area contributed by atoms with E-state index in [9.17, 15) is 13.2 Å². The number of hydrogen-bond acceptors (Lipinski definition) is 4. The summed E-state index contributed by atoms with van der Waals surface area (Å²) in [7, 11) is -2.30. The number of hydrogen-bond donors (Lipinski definition) is 1. The molecular weight excluding hydrogens is 280 g/mol. The van der Waals surface area contributed by atoms with Crippen molar-refractivity contribution in [2.45, 2.75) is 11.8 Å². The van der Waals surface area contributed by atoms with Gasteiger partial charge in [-0.05, 0) is 19.1 Å². The van der Waals surface area contributed by atoms with Crippen LogP contribution in [-0.4, -0.2) is 61.9 Å². The van der Waals surface area contributed by atoms with Gasteiger partial charge < -0.3 is 10.0 Å². The van der Waals surface area contributed by atoms with Crippen molar-refractivity contribution in [3.05, 3.63) is 30.3 Å². The Hall–Kier alpha value is -1.44. The lowest BCUT2D eigenvalue weighted by atomic mass is 10.4. The van der Waals surface area contributed by atoms with E-state index in [1.165, 1.54) is 24.1 Å². The SMILES string of the molecule is CCN(CCO)C(=O)CN(C)S(=O)(=O)c1ccccc1. The highest BCUT2D eigenvalue weighted by Crippen LogP contribution is 2.13. The Morgan fingerprint density at radius 2 is 1.85 bits per heavy atom. The molecule has 1 N–H and O–H groups in total. The minimum atomic E-state index is -3.67. The molecule has 0 aliphatic carbocycles.